The molecule has 0 unspecified atom stereocenters. The zero-order chi connectivity index (χ0) is 7.28. The van der Waals surface area contributed by atoms with Crippen molar-refractivity contribution in [3.05, 3.63) is 0 Å². The highest BCUT2D eigenvalue weighted by molar-refractivity contribution is 7.80. The van der Waals surface area contributed by atoms with Gasteiger partial charge in [-0.1, -0.05) is 0 Å². The lowest BCUT2D eigenvalue weighted by Gasteiger charge is -2.05. The van der Waals surface area contributed by atoms with Crippen molar-refractivity contribution in [2.75, 3.05) is 11.7 Å². The molecule has 0 radical (unpaired) electrons. The van der Waals surface area contributed by atoms with Gasteiger partial charge in [-0.05, 0) is 0 Å². The highest BCUT2D eigenvalue weighted by Crippen LogP contribution is 1.88. The van der Waals surface area contributed by atoms with Gasteiger partial charge < -0.3 is 10.5 Å². The van der Waals surface area contributed by atoms with Gasteiger partial charge in [-0.25, -0.2) is 0 Å². The Labute approximate surface area is 64.8 Å². The number of hydrogen-bond donors (Lipinski definition) is 3. The van der Waals surface area contributed by atoms with E-state index < -0.39 is 12.0 Å². The number of rotatable bonds is 3. The molecule has 0 aromatic carbocycles. The Hall–Kier alpha value is 0.130. The summed E-state index contributed by atoms with van der Waals surface area (Å²) in [5.74, 6) is -0.0904. The zero-order valence-corrected chi connectivity index (χ0v) is 6.57. The topological polar surface area (TPSA) is 52.3 Å². The average molecular weight is 167 g/mol. The standard InChI is InChI=1S/C4H9NO2S2/c5-3(1-8)4(6)7-2-9/h3,8-9H,1-2,5H2/t3-/m0/s1. The van der Waals surface area contributed by atoms with Crippen molar-refractivity contribution in [2.45, 2.75) is 6.04 Å². The summed E-state index contributed by atoms with van der Waals surface area (Å²) >= 11 is 7.47. The van der Waals surface area contributed by atoms with E-state index in [1.807, 2.05) is 0 Å². The average Bonchev–Trinajstić information content (AvgIpc) is 1.87. The molecule has 3 nitrogen and oxygen atoms in total. The van der Waals surface area contributed by atoms with Crippen molar-refractivity contribution in [3.8, 4) is 0 Å². The third-order valence-electron chi connectivity index (χ3n) is 0.706. The first-order valence-corrected chi connectivity index (χ1v) is 3.62. The van der Waals surface area contributed by atoms with Gasteiger partial charge in [-0.2, -0.15) is 12.6 Å². The van der Waals surface area contributed by atoms with E-state index in [1.54, 1.807) is 0 Å². The summed E-state index contributed by atoms with van der Waals surface area (Å²) in [5, 5.41) is 0. The van der Waals surface area contributed by atoms with Gasteiger partial charge in [0.15, 0.2) is 0 Å². The fraction of sp³-hybridized carbons (Fsp3) is 0.750. The highest BCUT2D eigenvalue weighted by Gasteiger charge is 2.10. The Bertz CT molecular complexity index is 98.6. The van der Waals surface area contributed by atoms with Crippen LogP contribution in [-0.2, 0) is 9.53 Å². The third-order valence-corrected chi connectivity index (χ3v) is 1.23. The Morgan fingerprint density at radius 1 is 1.67 bits per heavy atom. The van der Waals surface area contributed by atoms with Crippen LogP contribution in [0.4, 0.5) is 0 Å². The summed E-state index contributed by atoms with van der Waals surface area (Å²) < 4.78 is 4.45. The van der Waals surface area contributed by atoms with Crippen LogP contribution in [-0.4, -0.2) is 23.7 Å². The molecule has 0 aromatic rings. The SMILES string of the molecule is N[C@@H](CS)C(=O)OCS. The molecule has 5 heteroatoms. The van der Waals surface area contributed by atoms with Gasteiger partial charge in [-0.3, -0.25) is 4.79 Å². The minimum absolute atomic E-state index is 0.0698. The first kappa shape index (κ1) is 9.13. The smallest absolute Gasteiger partial charge is 0.324 e. The molecule has 0 fully saturated rings. The van der Waals surface area contributed by atoms with Crippen molar-refractivity contribution in [3.63, 3.8) is 0 Å². The van der Waals surface area contributed by atoms with E-state index in [-0.39, 0.29) is 5.94 Å². The number of carbonyl (C=O) groups excluding carboxylic acids is 1. The molecule has 0 aliphatic carbocycles. The molecule has 0 saturated heterocycles. The summed E-state index contributed by atoms with van der Waals surface area (Å²) in [6, 6.07) is -0.625. The molecule has 54 valence electrons. The maximum absolute atomic E-state index is 10.5. The van der Waals surface area contributed by atoms with Gasteiger partial charge in [-0.15, -0.1) is 12.6 Å². The lowest BCUT2D eigenvalue weighted by Crippen LogP contribution is -2.33. The Morgan fingerprint density at radius 3 is 2.56 bits per heavy atom. The minimum atomic E-state index is -0.625. The molecule has 1 atom stereocenters. The predicted octanol–water partition coefficient (Wildman–Crippen LogP) is -0.326. The maximum Gasteiger partial charge on any atom is 0.324 e. The van der Waals surface area contributed by atoms with Crippen LogP contribution in [0.1, 0.15) is 0 Å². The Balaban J connectivity index is 3.46. The quantitative estimate of drug-likeness (QED) is 0.306. The molecule has 0 bridgehead atoms. The summed E-state index contributed by atoms with van der Waals surface area (Å²) in [6.45, 7) is 0. The molecule has 9 heavy (non-hydrogen) atoms. The van der Waals surface area contributed by atoms with Gasteiger partial charge >= 0.3 is 5.97 Å². The monoisotopic (exact) mass is 167 g/mol. The number of ether oxygens (including phenoxy) is 1. The summed E-state index contributed by atoms with van der Waals surface area (Å²) in [7, 11) is 0. The lowest BCUT2D eigenvalue weighted by molar-refractivity contribution is -0.142. The number of thiol groups is 2. The van der Waals surface area contributed by atoms with Crippen molar-refractivity contribution in [1.82, 2.24) is 0 Å². The second kappa shape index (κ2) is 4.96. The normalized spacial score (nSPS) is 12.8. The van der Waals surface area contributed by atoms with E-state index in [9.17, 15) is 4.79 Å². The molecule has 0 rings (SSSR count). The van der Waals surface area contributed by atoms with Crippen molar-refractivity contribution >= 4 is 31.2 Å². The lowest BCUT2D eigenvalue weighted by atomic mass is 10.4. The van der Waals surface area contributed by atoms with Crippen LogP contribution in [0, 0.1) is 0 Å². The van der Waals surface area contributed by atoms with Gasteiger partial charge in [0.2, 0.25) is 0 Å². The van der Waals surface area contributed by atoms with E-state index in [0.717, 1.165) is 0 Å². The second-order valence-corrected chi connectivity index (χ2v) is 2.00. The van der Waals surface area contributed by atoms with Gasteiger partial charge in [0, 0.05) is 5.75 Å². The fourth-order valence-corrected chi connectivity index (χ4v) is 0.522. The molecule has 0 aliphatic heterocycles. The molecular formula is C4H9NO2S2. The van der Waals surface area contributed by atoms with Crippen LogP contribution in [0.5, 0.6) is 0 Å². The van der Waals surface area contributed by atoms with E-state index in [1.165, 1.54) is 0 Å². The van der Waals surface area contributed by atoms with Crippen molar-refractivity contribution < 1.29 is 9.53 Å². The highest BCUT2D eigenvalue weighted by atomic mass is 32.1. The third kappa shape index (κ3) is 3.66. The predicted molar refractivity (Wildman–Crippen MR) is 41.8 cm³/mol. The number of carbonyl (C=O) groups is 1. The molecule has 2 N–H and O–H groups in total. The van der Waals surface area contributed by atoms with Gasteiger partial charge in [0.25, 0.3) is 0 Å². The van der Waals surface area contributed by atoms with Crippen LogP contribution in [0.3, 0.4) is 0 Å². The zero-order valence-electron chi connectivity index (χ0n) is 4.78. The van der Waals surface area contributed by atoms with Gasteiger partial charge in [0.05, 0.1) is 0 Å². The first-order chi connectivity index (χ1) is 4.22. The number of esters is 1. The Morgan fingerprint density at radius 2 is 2.22 bits per heavy atom. The minimum Gasteiger partial charge on any atom is -0.454 e. The van der Waals surface area contributed by atoms with Gasteiger partial charge in [0.1, 0.15) is 12.0 Å². The summed E-state index contributed by atoms with van der Waals surface area (Å²) in [6.07, 6.45) is 0. The van der Waals surface area contributed by atoms with Crippen LogP contribution < -0.4 is 5.73 Å². The first-order valence-electron chi connectivity index (χ1n) is 2.36. The molecule has 0 spiro atoms. The van der Waals surface area contributed by atoms with E-state index >= 15 is 0 Å². The number of nitrogens with two attached hydrogens (primary N) is 1. The molecule has 0 heterocycles. The van der Waals surface area contributed by atoms with Crippen molar-refractivity contribution in [1.29, 1.82) is 0 Å². The van der Waals surface area contributed by atoms with Crippen molar-refractivity contribution in [2.24, 2.45) is 5.73 Å². The number of hydrogen-bond acceptors (Lipinski definition) is 5. The van der Waals surface area contributed by atoms with Crippen LogP contribution in [0.15, 0.2) is 0 Å². The summed E-state index contributed by atoms with van der Waals surface area (Å²) in [5.41, 5.74) is 5.22. The molecule has 0 aliphatic rings. The van der Waals surface area contributed by atoms with E-state index in [2.05, 4.69) is 30.0 Å². The van der Waals surface area contributed by atoms with Crippen LogP contribution in [0.25, 0.3) is 0 Å². The molecule has 0 amide bonds. The van der Waals surface area contributed by atoms with E-state index in [4.69, 9.17) is 5.73 Å². The summed E-state index contributed by atoms with van der Waals surface area (Å²) in [4.78, 5) is 10.5. The second-order valence-electron chi connectivity index (χ2n) is 1.38. The largest absolute Gasteiger partial charge is 0.454 e. The van der Waals surface area contributed by atoms with E-state index in [0.29, 0.717) is 5.75 Å². The van der Waals surface area contributed by atoms with Crippen LogP contribution in [0.2, 0.25) is 0 Å². The molecular weight excluding hydrogens is 158 g/mol. The van der Waals surface area contributed by atoms with Crippen LogP contribution >= 0.6 is 25.3 Å². The Kier molecular flexibility index (Phi) is 5.03. The maximum atomic E-state index is 10.5. The fourth-order valence-electron chi connectivity index (χ4n) is 0.245. The molecule has 0 aromatic heterocycles. The molecule has 0 saturated carbocycles.